The highest BCUT2D eigenvalue weighted by molar-refractivity contribution is 6.32. The number of hydrogen-bond acceptors (Lipinski definition) is 6. The van der Waals surface area contributed by atoms with Crippen LogP contribution in [-0.4, -0.2) is 53.5 Å². The van der Waals surface area contributed by atoms with Gasteiger partial charge in [0, 0.05) is 35.9 Å². The number of nitrogens with zero attached hydrogens (tertiary/aromatic N) is 1. The molecule has 0 spiro atoms. The molecule has 33 heavy (non-hydrogen) atoms. The van der Waals surface area contributed by atoms with Gasteiger partial charge in [0.15, 0.2) is 0 Å². The molecule has 1 fully saturated rings. The summed E-state index contributed by atoms with van der Waals surface area (Å²) in [5, 5.41) is 27.9. The van der Waals surface area contributed by atoms with E-state index >= 15 is 0 Å². The zero-order chi connectivity index (χ0) is 23.8. The summed E-state index contributed by atoms with van der Waals surface area (Å²) in [7, 11) is 0. The van der Waals surface area contributed by atoms with Crippen LogP contribution in [0.25, 0.3) is 0 Å². The number of halogens is 2. The van der Waals surface area contributed by atoms with Gasteiger partial charge in [-0.2, -0.15) is 0 Å². The van der Waals surface area contributed by atoms with Crippen molar-refractivity contribution in [2.45, 2.75) is 44.9 Å². The molecule has 2 aromatic carbocycles. The van der Waals surface area contributed by atoms with Crippen LogP contribution in [0.3, 0.4) is 0 Å². The Bertz CT molecular complexity index is 916. The van der Waals surface area contributed by atoms with E-state index in [0.29, 0.717) is 24.0 Å². The smallest absolute Gasteiger partial charge is 0.146 e. The summed E-state index contributed by atoms with van der Waals surface area (Å²) >= 11 is 12.0. The van der Waals surface area contributed by atoms with Gasteiger partial charge in [-0.3, -0.25) is 4.90 Å². The van der Waals surface area contributed by atoms with Crippen LogP contribution in [-0.2, 0) is 6.54 Å². The van der Waals surface area contributed by atoms with Crippen LogP contribution in [0.5, 0.6) is 11.5 Å². The Hall–Kier alpha value is -1.96. The van der Waals surface area contributed by atoms with Gasteiger partial charge in [0.1, 0.15) is 24.2 Å². The molecule has 2 aromatic rings. The minimum absolute atomic E-state index is 0.0719. The van der Waals surface area contributed by atoms with E-state index < -0.39 is 6.10 Å². The highest BCUT2D eigenvalue weighted by Gasteiger charge is 2.20. The third kappa shape index (κ3) is 8.09. The van der Waals surface area contributed by atoms with Crippen molar-refractivity contribution in [3.8, 4) is 11.5 Å². The number of piperidine rings is 1. The molecular formula is C25H33Cl2N3O3. The van der Waals surface area contributed by atoms with Crippen LogP contribution in [0, 0.1) is 0 Å². The number of rotatable bonds is 11. The molecule has 0 unspecified atom stereocenters. The fourth-order valence-corrected chi connectivity index (χ4v) is 4.02. The molecule has 1 aliphatic rings. The summed E-state index contributed by atoms with van der Waals surface area (Å²) in [5.41, 5.74) is 2.67. The second-order valence-electron chi connectivity index (χ2n) is 8.43. The molecule has 8 heteroatoms. The second-order valence-corrected chi connectivity index (χ2v) is 9.28. The van der Waals surface area contributed by atoms with Crippen molar-refractivity contribution >= 4 is 28.9 Å². The first-order chi connectivity index (χ1) is 15.8. The SMILES string of the molecule is C=C(CC)Nc1cc(Cl)c(O)cc1OC[C@@H](O)CNC1CCN(Cc2ccc(Cl)cc2)CC1. The average molecular weight is 494 g/mol. The molecule has 0 bridgehead atoms. The van der Waals surface area contributed by atoms with Crippen molar-refractivity contribution in [2.75, 3.05) is 31.6 Å². The molecule has 0 saturated carbocycles. The first kappa shape index (κ1) is 25.7. The topological polar surface area (TPSA) is 77.0 Å². The summed E-state index contributed by atoms with van der Waals surface area (Å²) in [5.74, 6) is 0.346. The van der Waals surface area contributed by atoms with Gasteiger partial charge >= 0.3 is 0 Å². The molecule has 4 N–H and O–H groups in total. The van der Waals surface area contributed by atoms with E-state index in [1.807, 2.05) is 19.1 Å². The van der Waals surface area contributed by atoms with Crippen molar-refractivity contribution in [1.29, 1.82) is 0 Å². The Morgan fingerprint density at radius 3 is 2.58 bits per heavy atom. The first-order valence-corrected chi connectivity index (χ1v) is 12.1. The molecular weight excluding hydrogens is 461 g/mol. The van der Waals surface area contributed by atoms with Gasteiger partial charge in [-0.15, -0.1) is 0 Å². The van der Waals surface area contributed by atoms with Gasteiger partial charge in [-0.05, 0) is 56.1 Å². The molecule has 3 rings (SSSR count). The third-order valence-corrected chi connectivity index (χ3v) is 6.32. The highest BCUT2D eigenvalue weighted by Crippen LogP contribution is 2.36. The number of likely N-dealkylation sites (tertiary alicyclic amines) is 1. The number of phenolic OH excluding ortho intramolecular Hbond substituents is 1. The van der Waals surface area contributed by atoms with Crippen LogP contribution < -0.4 is 15.4 Å². The van der Waals surface area contributed by atoms with E-state index in [9.17, 15) is 10.2 Å². The summed E-state index contributed by atoms with van der Waals surface area (Å²) in [4.78, 5) is 2.44. The number of aliphatic hydroxyl groups excluding tert-OH is 1. The molecule has 0 aliphatic carbocycles. The molecule has 180 valence electrons. The molecule has 6 nitrogen and oxygen atoms in total. The Kier molecular flexibility index (Phi) is 9.71. The maximum atomic E-state index is 10.4. The van der Waals surface area contributed by atoms with Crippen LogP contribution in [0.4, 0.5) is 5.69 Å². The predicted molar refractivity (Wildman–Crippen MR) is 135 cm³/mol. The molecule has 0 aromatic heterocycles. The number of benzene rings is 2. The van der Waals surface area contributed by atoms with Crippen LogP contribution in [0.2, 0.25) is 10.0 Å². The molecule has 1 heterocycles. The van der Waals surface area contributed by atoms with E-state index in [4.69, 9.17) is 27.9 Å². The lowest BCUT2D eigenvalue weighted by Crippen LogP contribution is -2.45. The van der Waals surface area contributed by atoms with Crippen molar-refractivity contribution in [3.63, 3.8) is 0 Å². The fourth-order valence-electron chi connectivity index (χ4n) is 3.73. The zero-order valence-corrected chi connectivity index (χ0v) is 20.5. The quantitative estimate of drug-likeness (QED) is 0.329. The molecule has 0 amide bonds. The second kappa shape index (κ2) is 12.5. The Labute approximate surface area is 206 Å². The van der Waals surface area contributed by atoms with E-state index in [0.717, 1.165) is 49.6 Å². The Morgan fingerprint density at radius 2 is 1.91 bits per heavy atom. The molecule has 0 radical (unpaired) electrons. The predicted octanol–water partition coefficient (Wildman–Crippen LogP) is 5.03. The number of aromatic hydroxyl groups is 1. The monoisotopic (exact) mass is 493 g/mol. The lowest BCUT2D eigenvalue weighted by atomic mass is 10.0. The van der Waals surface area contributed by atoms with Crippen molar-refractivity contribution in [2.24, 2.45) is 0 Å². The lowest BCUT2D eigenvalue weighted by molar-refractivity contribution is 0.0981. The van der Waals surface area contributed by atoms with Crippen LogP contribution >= 0.6 is 23.2 Å². The summed E-state index contributed by atoms with van der Waals surface area (Å²) in [6, 6.07) is 11.4. The normalized spacial score (nSPS) is 15.9. The zero-order valence-electron chi connectivity index (χ0n) is 19.0. The third-order valence-electron chi connectivity index (χ3n) is 5.77. The number of phenols is 1. The molecule has 1 saturated heterocycles. The molecule has 1 aliphatic heterocycles. The number of ether oxygens (including phenoxy) is 1. The number of aliphatic hydroxyl groups is 1. The van der Waals surface area contributed by atoms with E-state index in [-0.39, 0.29) is 17.4 Å². The number of anilines is 1. The Balaban J connectivity index is 1.41. The molecule has 1 atom stereocenters. The minimum atomic E-state index is -0.683. The maximum absolute atomic E-state index is 10.4. The highest BCUT2D eigenvalue weighted by atomic mass is 35.5. The van der Waals surface area contributed by atoms with Gasteiger partial charge in [-0.1, -0.05) is 48.8 Å². The van der Waals surface area contributed by atoms with Gasteiger partial charge in [0.05, 0.1) is 10.7 Å². The van der Waals surface area contributed by atoms with E-state index in [2.05, 4.69) is 34.2 Å². The number of hydrogen-bond donors (Lipinski definition) is 4. The standard InChI is InChI=1S/C25H33Cl2N3O3/c1-3-17(2)29-23-12-22(27)24(32)13-25(23)33-16-21(31)14-28-20-8-10-30(11-9-20)15-18-4-6-19(26)7-5-18/h4-7,12-13,20-21,28-29,31-32H,2-3,8-11,14-16H2,1H3/t21-/m0/s1. The number of allylic oxidation sites excluding steroid dienone is 1. The van der Waals surface area contributed by atoms with E-state index in [1.165, 1.54) is 11.6 Å². The van der Waals surface area contributed by atoms with Gasteiger partial charge in [0.2, 0.25) is 0 Å². The maximum Gasteiger partial charge on any atom is 0.146 e. The van der Waals surface area contributed by atoms with Gasteiger partial charge < -0.3 is 25.6 Å². The van der Waals surface area contributed by atoms with Gasteiger partial charge in [-0.25, -0.2) is 0 Å². The summed E-state index contributed by atoms with van der Waals surface area (Å²) in [6.45, 7) is 9.38. The first-order valence-electron chi connectivity index (χ1n) is 11.3. The van der Waals surface area contributed by atoms with Crippen LogP contribution in [0.1, 0.15) is 31.7 Å². The van der Waals surface area contributed by atoms with Crippen molar-refractivity contribution in [3.05, 3.63) is 64.3 Å². The summed E-state index contributed by atoms with van der Waals surface area (Å²) in [6.07, 6.45) is 2.11. The average Bonchev–Trinajstić information content (AvgIpc) is 2.81. The van der Waals surface area contributed by atoms with E-state index in [1.54, 1.807) is 6.07 Å². The Morgan fingerprint density at radius 1 is 1.21 bits per heavy atom. The number of nitrogens with one attached hydrogen (secondary N) is 2. The largest absolute Gasteiger partial charge is 0.506 e. The lowest BCUT2D eigenvalue weighted by Gasteiger charge is -2.33. The van der Waals surface area contributed by atoms with Crippen molar-refractivity contribution in [1.82, 2.24) is 10.2 Å². The van der Waals surface area contributed by atoms with Gasteiger partial charge in [0.25, 0.3) is 0 Å². The minimum Gasteiger partial charge on any atom is -0.506 e. The fraction of sp³-hybridized carbons (Fsp3) is 0.440. The van der Waals surface area contributed by atoms with Crippen molar-refractivity contribution < 1.29 is 14.9 Å². The summed E-state index contributed by atoms with van der Waals surface area (Å²) < 4.78 is 5.78. The van der Waals surface area contributed by atoms with Crippen LogP contribution in [0.15, 0.2) is 48.7 Å².